The van der Waals surface area contributed by atoms with Gasteiger partial charge in [0.1, 0.15) is 0 Å². The number of nitriles is 2. The van der Waals surface area contributed by atoms with Crippen LogP contribution in [0.1, 0.15) is 12.8 Å². The fourth-order valence-corrected chi connectivity index (χ4v) is 0.801. The molecule has 0 rings (SSSR count). The molecule has 0 saturated heterocycles. The molecule has 0 fully saturated rings. The summed E-state index contributed by atoms with van der Waals surface area (Å²) in [5.41, 5.74) is 0. The molecule has 1 unspecified atom stereocenters. The summed E-state index contributed by atoms with van der Waals surface area (Å²) in [6.45, 7) is 0. The predicted octanol–water partition coefficient (Wildman–Crippen LogP) is -0.275. The SMILES string of the molecule is N#CCCC(C#N)O[SH](=O)=O. The van der Waals surface area contributed by atoms with E-state index in [1.807, 2.05) is 0 Å². The van der Waals surface area contributed by atoms with Gasteiger partial charge in [0.25, 0.3) is 11.0 Å². The molecule has 0 aromatic heterocycles. The highest BCUT2D eigenvalue weighted by atomic mass is 32.2. The first-order chi connectivity index (χ1) is 5.20. The molecule has 0 radical (unpaired) electrons. The fourth-order valence-electron chi connectivity index (χ4n) is 0.440. The Bertz CT molecular complexity index is 252. The molecule has 0 bridgehead atoms. The first kappa shape index (κ1) is 9.89. The van der Waals surface area contributed by atoms with Crippen LogP contribution in [0.3, 0.4) is 0 Å². The molecule has 0 N–H and O–H groups in total. The minimum atomic E-state index is -2.99. The lowest BCUT2D eigenvalue weighted by molar-refractivity contribution is 0.265. The van der Waals surface area contributed by atoms with E-state index in [9.17, 15) is 8.42 Å². The monoisotopic (exact) mass is 174 g/mol. The van der Waals surface area contributed by atoms with Crippen molar-refractivity contribution in [2.45, 2.75) is 18.9 Å². The molecule has 1 atom stereocenters. The second-order valence-electron chi connectivity index (χ2n) is 1.64. The second kappa shape index (κ2) is 5.66. The molecule has 0 saturated carbocycles. The van der Waals surface area contributed by atoms with E-state index < -0.39 is 17.1 Å². The molecular weight excluding hydrogens is 168 g/mol. The number of nitrogens with zero attached hydrogens (tertiary/aromatic N) is 2. The number of hydrogen-bond acceptors (Lipinski definition) is 5. The zero-order chi connectivity index (χ0) is 8.69. The Morgan fingerprint density at radius 1 is 1.45 bits per heavy atom. The van der Waals surface area contributed by atoms with Crippen LogP contribution in [0, 0.1) is 22.7 Å². The molecule has 6 heteroatoms. The molecular formula is C5H6N2O3S. The summed E-state index contributed by atoms with van der Waals surface area (Å²) < 4.78 is 24.0. The van der Waals surface area contributed by atoms with Crippen molar-refractivity contribution in [2.75, 3.05) is 0 Å². The van der Waals surface area contributed by atoms with Gasteiger partial charge in [-0.15, -0.1) is 0 Å². The quantitative estimate of drug-likeness (QED) is 0.592. The molecule has 0 aliphatic rings. The van der Waals surface area contributed by atoms with Crippen LogP contribution in [0.5, 0.6) is 0 Å². The van der Waals surface area contributed by atoms with E-state index in [0.29, 0.717) is 0 Å². The van der Waals surface area contributed by atoms with Crippen molar-refractivity contribution in [2.24, 2.45) is 0 Å². The summed E-state index contributed by atoms with van der Waals surface area (Å²) in [6.07, 6.45) is -0.784. The highest BCUT2D eigenvalue weighted by molar-refractivity contribution is 7.67. The maximum Gasteiger partial charge on any atom is 0.258 e. The third-order valence-electron chi connectivity index (χ3n) is 0.876. The van der Waals surface area contributed by atoms with E-state index in [1.165, 1.54) is 0 Å². The molecule has 0 aliphatic heterocycles. The Labute approximate surface area is 66.0 Å². The van der Waals surface area contributed by atoms with Gasteiger partial charge in [-0.3, -0.25) is 4.18 Å². The van der Waals surface area contributed by atoms with Crippen molar-refractivity contribution in [1.29, 1.82) is 10.5 Å². The van der Waals surface area contributed by atoms with Crippen LogP contribution >= 0.6 is 0 Å². The molecule has 0 spiro atoms. The minimum absolute atomic E-state index is 0.112. The van der Waals surface area contributed by atoms with E-state index >= 15 is 0 Å². The highest BCUT2D eigenvalue weighted by Gasteiger charge is 2.07. The van der Waals surface area contributed by atoms with Crippen molar-refractivity contribution < 1.29 is 12.6 Å². The van der Waals surface area contributed by atoms with Crippen molar-refractivity contribution in [1.82, 2.24) is 0 Å². The van der Waals surface area contributed by atoms with E-state index in [1.54, 1.807) is 12.1 Å². The van der Waals surface area contributed by atoms with Crippen molar-refractivity contribution in [3.8, 4) is 12.1 Å². The standard InChI is InChI=1S/C5H6N2O3S/c6-3-1-2-5(4-7)10-11(8)9/h5,11H,1-2H2. The molecule has 0 amide bonds. The first-order valence-corrected chi connectivity index (χ1v) is 3.88. The lowest BCUT2D eigenvalue weighted by Gasteiger charge is -1.99. The molecule has 0 aromatic carbocycles. The van der Waals surface area contributed by atoms with Gasteiger partial charge in [0.2, 0.25) is 0 Å². The summed E-state index contributed by atoms with van der Waals surface area (Å²) in [6, 6.07) is 3.39. The van der Waals surface area contributed by atoms with Gasteiger partial charge in [-0.1, -0.05) is 0 Å². The lowest BCUT2D eigenvalue weighted by atomic mass is 10.2. The molecule has 0 aliphatic carbocycles. The Morgan fingerprint density at radius 2 is 2.09 bits per heavy atom. The van der Waals surface area contributed by atoms with Crippen molar-refractivity contribution >= 4 is 11.0 Å². The van der Waals surface area contributed by atoms with Crippen LogP contribution < -0.4 is 0 Å². The molecule has 60 valence electrons. The van der Waals surface area contributed by atoms with Crippen LogP contribution in [0.4, 0.5) is 0 Å². The van der Waals surface area contributed by atoms with Crippen LogP contribution in [-0.2, 0) is 15.2 Å². The van der Waals surface area contributed by atoms with E-state index in [-0.39, 0.29) is 12.8 Å². The molecule has 0 aromatic rings. The largest absolute Gasteiger partial charge is 0.258 e. The van der Waals surface area contributed by atoms with Gasteiger partial charge < -0.3 is 0 Å². The Morgan fingerprint density at radius 3 is 2.45 bits per heavy atom. The van der Waals surface area contributed by atoms with Gasteiger partial charge in [-0.25, -0.2) is 8.42 Å². The van der Waals surface area contributed by atoms with Crippen molar-refractivity contribution in [3.63, 3.8) is 0 Å². The molecule has 0 heterocycles. The summed E-state index contributed by atoms with van der Waals surface area (Å²) in [4.78, 5) is 0. The van der Waals surface area contributed by atoms with Crippen LogP contribution in [0.25, 0.3) is 0 Å². The number of hydrogen-bond donors (Lipinski definition) is 1. The Hall–Kier alpha value is -1.11. The maximum absolute atomic E-state index is 9.91. The third-order valence-corrected chi connectivity index (χ3v) is 1.30. The first-order valence-electron chi connectivity index (χ1n) is 2.78. The smallest absolute Gasteiger partial charge is 0.253 e. The van der Waals surface area contributed by atoms with Gasteiger partial charge in [-0.2, -0.15) is 10.5 Å². The minimum Gasteiger partial charge on any atom is -0.253 e. The van der Waals surface area contributed by atoms with E-state index in [2.05, 4.69) is 4.18 Å². The predicted molar refractivity (Wildman–Crippen MR) is 35.6 cm³/mol. The van der Waals surface area contributed by atoms with Crippen LogP contribution in [-0.4, -0.2) is 14.5 Å². The number of thiol groups is 1. The van der Waals surface area contributed by atoms with E-state index in [4.69, 9.17) is 10.5 Å². The second-order valence-corrected chi connectivity index (χ2v) is 2.30. The normalized spacial score (nSPS) is 11.9. The zero-order valence-electron chi connectivity index (χ0n) is 5.56. The van der Waals surface area contributed by atoms with Gasteiger partial charge in [0.05, 0.1) is 12.1 Å². The van der Waals surface area contributed by atoms with Crippen molar-refractivity contribution in [3.05, 3.63) is 0 Å². The topological polar surface area (TPSA) is 90.9 Å². The van der Waals surface area contributed by atoms with Gasteiger partial charge >= 0.3 is 0 Å². The summed E-state index contributed by atoms with van der Waals surface area (Å²) in [5, 5.41) is 16.3. The lowest BCUT2D eigenvalue weighted by Crippen LogP contribution is -2.08. The van der Waals surface area contributed by atoms with E-state index in [0.717, 1.165) is 0 Å². The number of rotatable bonds is 4. The summed E-state index contributed by atoms with van der Waals surface area (Å²) in [7, 11) is -2.99. The van der Waals surface area contributed by atoms with Crippen LogP contribution in [0.15, 0.2) is 0 Å². The molecule has 5 nitrogen and oxygen atoms in total. The maximum atomic E-state index is 9.91. The average molecular weight is 174 g/mol. The van der Waals surface area contributed by atoms with Gasteiger partial charge in [0.15, 0.2) is 6.10 Å². The van der Waals surface area contributed by atoms with Crippen LogP contribution in [0.2, 0.25) is 0 Å². The summed E-state index contributed by atoms with van der Waals surface area (Å²) >= 11 is 0. The van der Waals surface area contributed by atoms with Gasteiger partial charge in [0, 0.05) is 12.8 Å². The third kappa shape index (κ3) is 5.34. The Kier molecular flexibility index (Phi) is 5.09. The highest BCUT2D eigenvalue weighted by Crippen LogP contribution is 1.99. The Balaban J connectivity index is 3.81. The summed E-state index contributed by atoms with van der Waals surface area (Å²) in [5.74, 6) is 0. The fraction of sp³-hybridized carbons (Fsp3) is 0.600. The van der Waals surface area contributed by atoms with Gasteiger partial charge in [-0.05, 0) is 0 Å². The zero-order valence-corrected chi connectivity index (χ0v) is 6.45. The average Bonchev–Trinajstić information content (AvgIpc) is 1.97. The molecule has 11 heavy (non-hydrogen) atoms.